The van der Waals surface area contributed by atoms with Gasteiger partial charge in [-0.15, -0.1) is 12.4 Å². The zero-order chi connectivity index (χ0) is 27.4. The number of amides is 3. The van der Waals surface area contributed by atoms with Crippen LogP contribution in [-0.4, -0.2) is 98.2 Å². The summed E-state index contributed by atoms with van der Waals surface area (Å²) < 4.78 is 1.41. The number of aromatic nitrogens is 2. The first-order valence-corrected chi connectivity index (χ1v) is 13.0. The smallest absolute Gasteiger partial charge is 0.354 e. The van der Waals surface area contributed by atoms with Gasteiger partial charge in [-0.1, -0.05) is 12.1 Å². The van der Waals surface area contributed by atoms with E-state index in [9.17, 15) is 19.5 Å². The lowest BCUT2D eigenvalue weighted by atomic mass is 10.0. The molecule has 1 aromatic carbocycles. The number of urea groups is 1. The Morgan fingerprint density at radius 2 is 1.77 bits per heavy atom. The summed E-state index contributed by atoms with van der Waals surface area (Å²) in [7, 11) is 0. The Balaban J connectivity index is 0.00000420. The minimum absolute atomic E-state index is 0. The second-order valence-electron chi connectivity index (χ2n) is 10.7. The quantitative estimate of drug-likeness (QED) is 0.392. The molecule has 2 aliphatic heterocycles. The van der Waals surface area contributed by atoms with Crippen molar-refractivity contribution in [2.75, 3.05) is 44.6 Å². The van der Waals surface area contributed by atoms with Crippen LogP contribution in [0.25, 0.3) is 5.69 Å². The molecule has 2 aromatic rings. The van der Waals surface area contributed by atoms with E-state index in [0.29, 0.717) is 18.3 Å². The van der Waals surface area contributed by atoms with Crippen LogP contribution in [0, 0.1) is 0 Å². The number of piperidine rings is 1. The van der Waals surface area contributed by atoms with Crippen molar-refractivity contribution in [1.82, 2.24) is 24.3 Å². The number of hydrogen-bond acceptors (Lipinski definition) is 8. The van der Waals surface area contributed by atoms with E-state index in [0.717, 1.165) is 38.0 Å². The first-order chi connectivity index (χ1) is 18.0. The molecule has 3 amide bonds. The minimum atomic E-state index is -1.04. The summed E-state index contributed by atoms with van der Waals surface area (Å²) in [6, 6.07) is 8.49. The van der Waals surface area contributed by atoms with Crippen molar-refractivity contribution in [1.29, 1.82) is 0 Å². The summed E-state index contributed by atoms with van der Waals surface area (Å²) in [5.74, 6) is -0.139. The van der Waals surface area contributed by atoms with Crippen LogP contribution >= 0.6 is 12.4 Å². The van der Waals surface area contributed by atoms with Gasteiger partial charge in [-0.3, -0.25) is 19.6 Å². The molecule has 4 rings (SSSR count). The fourth-order valence-electron chi connectivity index (χ4n) is 4.85. The Labute approximate surface area is 234 Å². The van der Waals surface area contributed by atoms with Gasteiger partial charge in [-0.25, -0.2) is 9.59 Å². The summed E-state index contributed by atoms with van der Waals surface area (Å²) in [5, 5.41) is 12.5. The predicted octanol–water partition coefficient (Wildman–Crippen LogP) is 0.352. The first kappa shape index (κ1) is 30.5. The number of halogens is 1. The molecule has 214 valence electrons. The van der Waals surface area contributed by atoms with Crippen molar-refractivity contribution in [3.8, 4) is 5.69 Å². The lowest BCUT2D eigenvalue weighted by molar-refractivity contribution is -0.138. The zero-order valence-corrected chi connectivity index (χ0v) is 23.3. The molecule has 0 aliphatic carbocycles. The number of carbonyl (C=O) groups is 2. The van der Waals surface area contributed by atoms with E-state index < -0.39 is 23.3 Å². The number of hydrogen-bond donors (Lipinski definition) is 4. The Hall–Kier alpha value is -3.03. The van der Waals surface area contributed by atoms with Gasteiger partial charge in [0.15, 0.2) is 0 Å². The molecular formula is C26H39ClN8O4. The van der Waals surface area contributed by atoms with Gasteiger partial charge in [0, 0.05) is 38.4 Å². The molecule has 12 nitrogen and oxygen atoms in total. The van der Waals surface area contributed by atoms with Gasteiger partial charge in [-0.05, 0) is 63.5 Å². The van der Waals surface area contributed by atoms with Crippen LogP contribution in [0.1, 0.15) is 32.3 Å². The average molecular weight is 563 g/mol. The van der Waals surface area contributed by atoms with Gasteiger partial charge >= 0.3 is 11.7 Å². The van der Waals surface area contributed by atoms with E-state index in [4.69, 9.17) is 11.5 Å². The van der Waals surface area contributed by atoms with E-state index in [2.05, 4.69) is 15.2 Å². The van der Waals surface area contributed by atoms with Crippen LogP contribution < -0.4 is 22.5 Å². The molecule has 13 heteroatoms. The third-order valence-corrected chi connectivity index (χ3v) is 7.08. The second kappa shape index (κ2) is 12.9. The van der Waals surface area contributed by atoms with E-state index in [1.165, 1.54) is 9.47 Å². The Bertz CT molecular complexity index is 1190. The number of anilines is 1. The Kier molecular flexibility index (Phi) is 10.1. The number of nitrogens with two attached hydrogens (primary N) is 2. The largest absolute Gasteiger partial charge is 0.394 e. The molecule has 2 aliphatic rings. The fourth-order valence-corrected chi connectivity index (χ4v) is 4.85. The number of nitrogens with one attached hydrogen (secondary N) is 1. The van der Waals surface area contributed by atoms with Gasteiger partial charge in [0.25, 0.3) is 0 Å². The van der Waals surface area contributed by atoms with Crippen molar-refractivity contribution < 1.29 is 14.7 Å². The molecular weight excluding hydrogens is 524 g/mol. The summed E-state index contributed by atoms with van der Waals surface area (Å²) >= 11 is 0. The molecule has 0 bridgehead atoms. The van der Waals surface area contributed by atoms with Crippen molar-refractivity contribution in [2.24, 2.45) is 11.5 Å². The molecule has 39 heavy (non-hydrogen) atoms. The maximum Gasteiger partial charge on any atom is 0.354 e. The summed E-state index contributed by atoms with van der Waals surface area (Å²) in [6.45, 7) is 6.40. The monoisotopic (exact) mass is 562 g/mol. The number of benzene rings is 1. The highest BCUT2D eigenvalue weighted by molar-refractivity contribution is 5.89. The molecule has 2 saturated heterocycles. The van der Waals surface area contributed by atoms with Gasteiger partial charge in [0.05, 0.1) is 23.9 Å². The highest BCUT2D eigenvalue weighted by Crippen LogP contribution is 2.17. The lowest BCUT2D eigenvalue weighted by Crippen LogP contribution is -2.62. The van der Waals surface area contributed by atoms with E-state index in [-0.39, 0.29) is 43.8 Å². The lowest BCUT2D eigenvalue weighted by Gasteiger charge is -2.42. The first-order valence-electron chi connectivity index (χ1n) is 13.0. The van der Waals surface area contributed by atoms with Crippen LogP contribution in [-0.2, 0) is 11.3 Å². The van der Waals surface area contributed by atoms with Crippen LogP contribution in [0.2, 0.25) is 0 Å². The maximum absolute atomic E-state index is 12.9. The maximum atomic E-state index is 12.9. The number of aliphatic hydroxyl groups is 1. The molecule has 2 fully saturated rings. The van der Waals surface area contributed by atoms with Crippen molar-refractivity contribution in [3.05, 3.63) is 52.6 Å². The van der Waals surface area contributed by atoms with Gasteiger partial charge < -0.3 is 26.4 Å². The summed E-state index contributed by atoms with van der Waals surface area (Å²) in [4.78, 5) is 47.5. The molecule has 1 aromatic heterocycles. The third kappa shape index (κ3) is 7.55. The Morgan fingerprint density at radius 1 is 1.10 bits per heavy atom. The van der Waals surface area contributed by atoms with Gasteiger partial charge in [0.1, 0.15) is 5.82 Å². The van der Waals surface area contributed by atoms with Crippen molar-refractivity contribution in [3.63, 3.8) is 0 Å². The number of nitrogens with zero attached hydrogens (tertiary/aromatic N) is 5. The standard InChI is InChI=1S/C26H38N8O4.ClH/c1-26(2,28)23(36)32-13-14-34(21(16-32)17-35)25(38)30-22-9-12-33(24(37)29-22)20-5-3-18(4-6-20)15-31-10-7-19(27)8-11-31;/h3-6,9,12,19,21,35H,7-8,10-11,13-17,27-28H2,1-2H3,(H,29,30,37,38);1H. The van der Waals surface area contributed by atoms with Crippen molar-refractivity contribution in [2.45, 2.75) is 50.9 Å². The third-order valence-electron chi connectivity index (χ3n) is 7.08. The van der Waals surface area contributed by atoms with Gasteiger partial charge in [-0.2, -0.15) is 4.98 Å². The highest BCUT2D eigenvalue weighted by atomic mass is 35.5. The van der Waals surface area contributed by atoms with Crippen molar-refractivity contribution >= 4 is 30.2 Å². The van der Waals surface area contributed by atoms with E-state index >= 15 is 0 Å². The molecule has 1 atom stereocenters. The number of piperazine rings is 1. The average Bonchev–Trinajstić information content (AvgIpc) is 2.89. The van der Waals surface area contributed by atoms with Crippen LogP contribution in [0.4, 0.5) is 10.6 Å². The SMILES string of the molecule is CC(C)(N)C(=O)N1CCN(C(=O)Nc2ccn(-c3ccc(CN4CCC(N)CC4)cc3)c(=O)n2)C(CO)C1.Cl. The topological polar surface area (TPSA) is 163 Å². The molecule has 0 saturated carbocycles. The molecule has 0 spiro atoms. The molecule has 6 N–H and O–H groups in total. The van der Waals surface area contributed by atoms with Gasteiger partial charge in [0.2, 0.25) is 5.91 Å². The number of carbonyl (C=O) groups excluding carboxylic acids is 2. The second-order valence-corrected chi connectivity index (χ2v) is 10.7. The van der Waals surface area contributed by atoms with Crippen LogP contribution in [0.15, 0.2) is 41.3 Å². The molecule has 0 radical (unpaired) electrons. The highest BCUT2D eigenvalue weighted by Gasteiger charge is 2.36. The zero-order valence-electron chi connectivity index (χ0n) is 22.5. The normalized spacial score (nSPS) is 18.9. The Morgan fingerprint density at radius 3 is 2.36 bits per heavy atom. The molecule has 3 heterocycles. The van der Waals surface area contributed by atoms with Crippen LogP contribution in [0.5, 0.6) is 0 Å². The predicted molar refractivity (Wildman–Crippen MR) is 151 cm³/mol. The number of likely N-dealkylation sites (tertiary alicyclic amines) is 1. The number of aliphatic hydroxyl groups excluding tert-OH is 1. The van der Waals surface area contributed by atoms with Crippen LogP contribution in [0.3, 0.4) is 0 Å². The summed E-state index contributed by atoms with van der Waals surface area (Å²) in [5.41, 5.74) is 12.2. The van der Waals surface area contributed by atoms with E-state index in [1.54, 1.807) is 31.0 Å². The van der Waals surface area contributed by atoms with E-state index in [1.807, 2.05) is 24.3 Å². The molecule has 1 unspecified atom stereocenters. The fraction of sp³-hybridized carbons (Fsp3) is 0.538. The number of rotatable bonds is 6. The minimum Gasteiger partial charge on any atom is -0.394 e. The summed E-state index contributed by atoms with van der Waals surface area (Å²) in [6.07, 6.45) is 3.58.